The Kier molecular flexibility index (Phi) is 6.57. The smallest absolute Gasteiger partial charge is 0.331 e. The lowest BCUT2D eigenvalue weighted by atomic mass is 9.84. The zero-order valence-corrected chi connectivity index (χ0v) is 20.2. The molecule has 1 aliphatic heterocycles. The Balaban J connectivity index is 0.00000324. The fourth-order valence-electron chi connectivity index (χ4n) is 4.10. The molecule has 0 saturated heterocycles. The van der Waals surface area contributed by atoms with Crippen molar-refractivity contribution in [3.63, 3.8) is 0 Å². The molecule has 0 spiro atoms. The maximum Gasteiger partial charge on any atom is 0.331 e. The summed E-state index contributed by atoms with van der Waals surface area (Å²) in [5.74, 6) is -2.04. The largest absolute Gasteiger partial charge is 0.494 e. The first-order valence-corrected chi connectivity index (χ1v) is 10.8. The molecule has 3 aromatic rings. The van der Waals surface area contributed by atoms with Gasteiger partial charge in [0.25, 0.3) is 11.1 Å². The lowest BCUT2D eigenvalue weighted by Gasteiger charge is -2.29. The van der Waals surface area contributed by atoms with Crippen LogP contribution in [0.15, 0.2) is 31.3 Å². The van der Waals surface area contributed by atoms with E-state index in [1.807, 2.05) is 0 Å². The molecular weight excluding hydrogens is 489 g/mol. The summed E-state index contributed by atoms with van der Waals surface area (Å²) in [6.07, 6.45) is 0. The quantitative estimate of drug-likeness (QED) is 0.326. The summed E-state index contributed by atoms with van der Waals surface area (Å²) >= 11 is 12.5. The fourth-order valence-corrected chi connectivity index (χ4v) is 4.65. The van der Waals surface area contributed by atoms with E-state index in [1.54, 1.807) is 27.7 Å². The minimum absolute atomic E-state index is 0. The van der Waals surface area contributed by atoms with Gasteiger partial charge >= 0.3 is 11.4 Å². The average Bonchev–Trinajstić information content (AvgIpc) is 2.67. The Morgan fingerprint density at radius 2 is 1.53 bits per heavy atom. The number of benzene rings is 1. The van der Waals surface area contributed by atoms with Crippen LogP contribution in [0.25, 0.3) is 0 Å². The van der Waals surface area contributed by atoms with Crippen LogP contribution in [0.5, 0.6) is 17.5 Å². The molecule has 13 heteroatoms. The molecule has 0 radical (unpaired) electrons. The highest BCUT2D eigenvalue weighted by atomic mass is 35.5. The Hall–Kier alpha value is -3.28. The molecule has 2 aromatic heterocycles. The summed E-state index contributed by atoms with van der Waals surface area (Å²) < 4.78 is 7.73. The standard InChI is InChI=1S/C21H20Cl2N4O6.H3N/c1-7(2)26-18(29)13(16(28)24-20(26)31)12-10-5-9(22)6-11(23)15(10)33-17-14(12)19(30)27(8(3)4)21(32)25-17;/h5-8,12,29H,1-4H3,(H,25,32)(H,24,28,31);1H3. The van der Waals surface area contributed by atoms with E-state index in [0.717, 1.165) is 9.13 Å². The number of hydrogen-bond acceptors (Lipinski definition) is 7. The Bertz CT molecular complexity index is 1530. The SMILES string of the molecule is CC(C)n1c(O)c(C2c3cc(Cl)cc(Cl)c3Oc3[nH]c(=O)n(C(C)C)c(=O)c32)c(=O)[nH]c1=O.N. The van der Waals surface area contributed by atoms with Crippen molar-refractivity contribution < 1.29 is 9.84 Å². The van der Waals surface area contributed by atoms with Crippen LogP contribution in [-0.2, 0) is 0 Å². The maximum atomic E-state index is 13.5. The van der Waals surface area contributed by atoms with Gasteiger partial charge in [0.05, 0.1) is 22.1 Å². The predicted molar refractivity (Wildman–Crippen MR) is 128 cm³/mol. The Morgan fingerprint density at radius 1 is 0.941 bits per heavy atom. The molecule has 4 rings (SSSR count). The van der Waals surface area contributed by atoms with Crippen LogP contribution < -0.4 is 33.4 Å². The highest BCUT2D eigenvalue weighted by molar-refractivity contribution is 6.35. The maximum absolute atomic E-state index is 13.5. The number of halogens is 2. The van der Waals surface area contributed by atoms with Crippen molar-refractivity contribution in [2.45, 2.75) is 45.7 Å². The molecular formula is C21H23Cl2N5O6. The van der Waals surface area contributed by atoms with Crippen LogP contribution >= 0.6 is 23.2 Å². The summed E-state index contributed by atoms with van der Waals surface area (Å²) in [7, 11) is 0. The van der Waals surface area contributed by atoms with Gasteiger partial charge in [0.1, 0.15) is 0 Å². The lowest BCUT2D eigenvalue weighted by molar-refractivity contribution is 0.368. The number of fused-ring (bicyclic) bond motifs is 2. The molecule has 0 amide bonds. The predicted octanol–water partition coefficient (Wildman–Crippen LogP) is 3.01. The summed E-state index contributed by atoms with van der Waals surface area (Å²) in [6.45, 7) is 6.58. The van der Waals surface area contributed by atoms with Gasteiger partial charge in [0.2, 0.25) is 11.8 Å². The first-order valence-electron chi connectivity index (χ1n) is 10.1. The van der Waals surface area contributed by atoms with Gasteiger partial charge in [-0.05, 0) is 39.8 Å². The van der Waals surface area contributed by atoms with E-state index in [-0.39, 0.29) is 44.5 Å². The van der Waals surface area contributed by atoms with E-state index in [2.05, 4.69) is 9.97 Å². The van der Waals surface area contributed by atoms with E-state index < -0.39 is 46.4 Å². The Morgan fingerprint density at radius 3 is 2.12 bits per heavy atom. The third-order valence-corrected chi connectivity index (χ3v) is 5.95. The first-order chi connectivity index (χ1) is 15.4. The third kappa shape index (κ3) is 3.75. The van der Waals surface area contributed by atoms with Gasteiger partial charge in [-0.3, -0.25) is 28.7 Å². The van der Waals surface area contributed by atoms with Crippen LogP contribution in [0.2, 0.25) is 10.0 Å². The van der Waals surface area contributed by atoms with E-state index >= 15 is 0 Å². The van der Waals surface area contributed by atoms with Crippen LogP contribution in [0.1, 0.15) is 62.4 Å². The van der Waals surface area contributed by atoms with Gasteiger partial charge in [-0.15, -0.1) is 0 Å². The molecule has 1 aliphatic rings. The second kappa shape index (κ2) is 8.82. The minimum Gasteiger partial charge on any atom is -0.494 e. The van der Waals surface area contributed by atoms with E-state index in [9.17, 15) is 24.3 Å². The number of rotatable bonds is 3. The van der Waals surface area contributed by atoms with Crippen LogP contribution in [0.4, 0.5) is 0 Å². The summed E-state index contributed by atoms with van der Waals surface area (Å²) in [5, 5.41) is 11.3. The van der Waals surface area contributed by atoms with Gasteiger partial charge in [-0.2, -0.15) is 0 Å². The van der Waals surface area contributed by atoms with Crippen molar-refractivity contribution >= 4 is 23.2 Å². The average molecular weight is 512 g/mol. The highest BCUT2D eigenvalue weighted by Crippen LogP contribution is 2.49. The van der Waals surface area contributed by atoms with Crippen molar-refractivity contribution in [1.29, 1.82) is 0 Å². The van der Waals surface area contributed by atoms with Gasteiger partial charge in [0, 0.05) is 22.7 Å². The second-order valence-corrected chi connectivity index (χ2v) is 9.09. The number of aromatic hydroxyl groups is 1. The number of nitrogens with zero attached hydrogens (tertiary/aromatic N) is 2. The zero-order chi connectivity index (χ0) is 24.4. The molecule has 1 aromatic carbocycles. The summed E-state index contributed by atoms with van der Waals surface area (Å²) in [4.78, 5) is 56.1. The van der Waals surface area contributed by atoms with Crippen LogP contribution in [0, 0.1) is 0 Å². The van der Waals surface area contributed by atoms with Crippen molar-refractivity contribution in [3.05, 3.63) is 80.5 Å². The van der Waals surface area contributed by atoms with Gasteiger partial charge in [0.15, 0.2) is 5.75 Å². The number of H-pyrrole nitrogens is 2. The number of hydrogen-bond donors (Lipinski definition) is 4. The molecule has 0 bridgehead atoms. The number of aromatic nitrogens is 4. The molecule has 34 heavy (non-hydrogen) atoms. The van der Waals surface area contributed by atoms with Gasteiger partial charge in [-0.1, -0.05) is 23.2 Å². The second-order valence-electron chi connectivity index (χ2n) is 8.24. The molecule has 1 unspecified atom stereocenters. The van der Waals surface area contributed by atoms with Crippen molar-refractivity contribution in [2.24, 2.45) is 0 Å². The Labute approximate surface area is 202 Å². The molecule has 182 valence electrons. The molecule has 1 atom stereocenters. The molecule has 0 saturated carbocycles. The fraction of sp³-hybridized carbons (Fsp3) is 0.333. The van der Waals surface area contributed by atoms with E-state index in [1.165, 1.54) is 12.1 Å². The van der Waals surface area contributed by atoms with Crippen molar-refractivity contribution in [1.82, 2.24) is 25.3 Å². The normalized spacial score (nSPS) is 14.4. The van der Waals surface area contributed by atoms with Crippen LogP contribution in [0.3, 0.4) is 0 Å². The monoisotopic (exact) mass is 511 g/mol. The van der Waals surface area contributed by atoms with Crippen molar-refractivity contribution in [3.8, 4) is 17.5 Å². The van der Waals surface area contributed by atoms with Gasteiger partial charge < -0.3 is 16.0 Å². The number of aromatic amines is 2. The number of ether oxygens (including phenoxy) is 1. The summed E-state index contributed by atoms with van der Waals surface area (Å²) in [5.41, 5.74) is -3.34. The lowest BCUT2D eigenvalue weighted by Crippen LogP contribution is -2.42. The minimum atomic E-state index is -1.25. The summed E-state index contributed by atoms with van der Waals surface area (Å²) in [6, 6.07) is 1.81. The van der Waals surface area contributed by atoms with Crippen molar-refractivity contribution in [2.75, 3.05) is 0 Å². The third-order valence-electron chi connectivity index (χ3n) is 5.45. The molecule has 6 N–H and O–H groups in total. The zero-order valence-electron chi connectivity index (χ0n) is 18.7. The van der Waals surface area contributed by atoms with E-state index in [0.29, 0.717) is 0 Å². The molecule has 3 heterocycles. The topological polar surface area (TPSA) is 174 Å². The molecule has 0 fully saturated rings. The van der Waals surface area contributed by atoms with Gasteiger partial charge in [-0.25, -0.2) is 9.59 Å². The molecule has 11 nitrogen and oxygen atoms in total. The first kappa shape index (κ1) is 25.3. The van der Waals surface area contributed by atoms with E-state index in [4.69, 9.17) is 27.9 Å². The number of nitrogens with one attached hydrogen (secondary N) is 2. The highest BCUT2D eigenvalue weighted by Gasteiger charge is 2.39. The molecule has 0 aliphatic carbocycles. The van der Waals surface area contributed by atoms with Crippen LogP contribution in [-0.4, -0.2) is 24.2 Å².